The van der Waals surface area contributed by atoms with Crippen LogP contribution in [0.4, 0.5) is 8.78 Å². The van der Waals surface area contributed by atoms with E-state index in [1.807, 2.05) is 0 Å². The summed E-state index contributed by atoms with van der Waals surface area (Å²) in [4.78, 5) is 23.5. The van der Waals surface area contributed by atoms with E-state index >= 15 is 0 Å². The van der Waals surface area contributed by atoms with Gasteiger partial charge in [0.2, 0.25) is 5.91 Å². The van der Waals surface area contributed by atoms with E-state index in [1.165, 1.54) is 13.2 Å². The van der Waals surface area contributed by atoms with Crippen LogP contribution < -0.4 is 5.32 Å². The number of halogens is 2. The van der Waals surface area contributed by atoms with Crippen molar-refractivity contribution in [2.75, 3.05) is 7.11 Å². The van der Waals surface area contributed by atoms with Crippen molar-refractivity contribution in [3.8, 4) is 12.3 Å². The van der Waals surface area contributed by atoms with E-state index in [0.29, 0.717) is 25.3 Å². The number of hydrogen-bond acceptors (Lipinski definition) is 3. The van der Waals surface area contributed by atoms with Crippen molar-refractivity contribution >= 4 is 11.9 Å². The number of nitrogens with one attached hydrogen (secondary N) is 1. The number of carbonyl (C=O) groups is 2. The summed E-state index contributed by atoms with van der Waals surface area (Å²) in [5.41, 5.74) is 0.0474. The van der Waals surface area contributed by atoms with Gasteiger partial charge in [0.25, 0.3) is 0 Å². The molecule has 0 saturated heterocycles. The lowest BCUT2D eigenvalue weighted by molar-refractivity contribution is -0.145. The van der Waals surface area contributed by atoms with Crippen LogP contribution in [0.2, 0.25) is 0 Å². The van der Waals surface area contributed by atoms with Crippen molar-refractivity contribution in [2.45, 2.75) is 31.7 Å². The van der Waals surface area contributed by atoms with Crippen LogP contribution in [0.25, 0.3) is 0 Å². The lowest BCUT2D eigenvalue weighted by atomic mass is 10.1. The molecule has 6 heteroatoms. The Morgan fingerprint density at radius 3 is 2.73 bits per heavy atom. The molecule has 1 N–H and O–H groups in total. The van der Waals surface area contributed by atoms with Crippen LogP contribution in [0.15, 0.2) is 18.2 Å². The average molecular weight is 309 g/mol. The Kier molecular flexibility index (Phi) is 7.03. The molecule has 1 amide bonds. The van der Waals surface area contributed by atoms with Gasteiger partial charge >= 0.3 is 5.97 Å². The first-order valence-corrected chi connectivity index (χ1v) is 6.72. The number of rotatable bonds is 7. The van der Waals surface area contributed by atoms with Crippen molar-refractivity contribution < 1.29 is 23.1 Å². The van der Waals surface area contributed by atoms with Crippen LogP contribution in [-0.2, 0) is 20.7 Å². The minimum absolute atomic E-state index is 0.0474. The zero-order valence-electron chi connectivity index (χ0n) is 12.2. The Labute approximate surface area is 127 Å². The Bertz CT molecular complexity index is 581. The van der Waals surface area contributed by atoms with Crippen LogP contribution in [0.1, 0.15) is 24.8 Å². The highest BCUT2D eigenvalue weighted by Crippen LogP contribution is 2.11. The molecule has 1 atom stereocenters. The highest BCUT2D eigenvalue weighted by atomic mass is 19.1. The van der Waals surface area contributed by atoms with Crippen LogP contribution in [-0.4, -0.2) is 25.0 Å². The van der Waals surface area contributed by atoms with Gasteiger partial charge < -0.3 is 10.1 Å². The van der Waals surface area contributed by atoms with Gasteiger partial charge in [-0.1, -0.05) is 6.07 Å². The summed E-state index contributed by atoms with van der Waals surface area (Å²) in [6, 6.07) is 2.12. The molecule has 0 aliphatic rings. The number of benzene rings is 1. The van der Waals surface area contributed by atoms with Gasteiger partial charge in [-0.15, -0.1) is 12.3 Å². The summed E-state index contributed by atoms with van der Waals surface area (Å²) >= 11 is 0. The monoisotopic (exact) mass is 309 g/mol. The fraction of sp³-hybridized carbons (Fsp3) is 0.375. The molecule has 0 spiro atoms. The maximum atomic E-state index is 13.5. The predicted octanol–water partition coefficient (Wildman–Crippen LogP) is 1.97. The van der Waals surface area contributed by atoms with Crippen LogP contribution in [0, 0.1) is 24.0 Å². The number of terminal acetylenes is 1. The largest absolute Gasteiger partial charge is 0.467 e. The van der Waals surface area contributed by atoms with E-state index in [2.05, 4.69) is 16.0 Å². The van der Waals surface area contributed by atoms with Gasteiger partial charge in [-0.25, -0.2) is 13.6 Å². The van der Waals surface area contributed by atoms with Crippen LogP contribution in [0.3, 0.4) is 0 Å². The van der Waals surface area contributed by atoms with Crippen LogP contribution >= 0.6 is 0 Å². The van der Waals surface area contributed by atoms with Crippen molar-refractivity contribution in [3.05, 3.63) is 35.4 Å². The molecular formula is C16H17F2NO3. The van der Waals surface area contributed by atoms with Crippen molar-refractivity contribution in [1.82, 2.24) is 5.32 Å². The standard InChI is InChI=1S/C16H17F2NO3/c1-3-4-5-6-14(16(21)22-2)19-15(20)9-11-7-8-12(17)10-13(11)18/h1,7-8,10,14H,4-6,9H2,2H3,(H,19,20)/t14-/m0/s1. The number of unbranched alkanes of at least 4 members (excludes halogenated alkanes) is 1. The average Bonchev–Trinajstić information content (AvgIpc) is 2.48. The molecule has 0 aliphatic carbocycles. The second-order valence-corrected chi connectivity index (χ2v) is 4.65. The quantitative estimate of drug-likeness (QED) is 0.476. The number of carbonyl (C=O) groups excluding carboxylic acids is 2. The highest BCUT2D eigenvalue weighted by molar-refractivity contribution is 5.85. The first-order chi connectivity index (χ1) is 10.5. The lowest BCUT2D eigenvalue weighted by Crippen LogP contribution is -2.42. The third-order valence-corrected chi connectivity index (χ3v) is 3.00. The minimum atomic E-state index is -0.839. The van der Waals surface area contributed by atoms with Gasteiger partial charge in [0.1, 0.15) is 17.7 Å². The summed E-state index contributed by atoms with van der Waals surface area (Å²) in [6.07, 6.45) is 6.17. The third kappa shape index (κ3) is 5.52. The van der Waals surface area contributed by atoms with Crippen molar-refractivity contribution in [3.63, 3.8) is 0 Å². The van der Waals surface area contributed by atoms with Gasteiger partial charge in [-0.3, -0.25) is 4.79 Å². The highest BCUT2D eigenvalue weighted by Gasteiger charge is 2.21. The molecule has 0 aromatic heterocycles. The third-order valence-electron chi connectivity index (χ3n) is 3.00. The molecule has 118 valence electrons. The normalized spacial score (nSPS) is 11.4. The summed E-state index contributed by atoms with van der Waals surface area (Å²) in [7, 11) is 1.21. The number of methoxy groups -OCH3 is 1. The molecule has 1 rings (SSSR count). The van der Waals surface area contributed by atoms with Gasteiger partial charge in [0.15, 0.2) is 0 Å². The first kappa shape index (κ1) is 17.6. The maximum absolute atomic E-state index is 13.5. The molecule has 0 heterocycles. The predicted molar refractivity (Wildman–Crippen MR) is 76.7 cm³/mol. The topological polar surface area (TPSA) is 55.4 Å². The zero-order chi connectivity index (χ0) is 16.5. The molecule has 0 saturated carbocycles. The minimum Gasteiger partial charge on any atom is -0.467 e. The Hall–Kier alpha value is -2.42. The van der Waals surface area contributed by atoms with Crippen molar-refractivity contribution in [2.24, 2.45) is 0 Å². The molecule has 1 aromatic rings. The van der Waals surface area contributed by atoms with Gasteiger partial charge in [-0.05, 0) is 24.5 Å². The summed E-state index contributed by atoms with van der Waals surface area (Å²) in [5, 5.41) is 2.47. The summed E-state index contributed by atoms with van der Waals surface area (Å²) in [6.45, 7) is 0. The number of hydrogen-bond donors (Lipinski definition) is 1. The smallest absolute Gasteiger partial charge is 0.328 e. The van der Waals surface area contributed by atoms with E-state index in [9.17, 15) is 18.4 Å². The van der Waals surface area contributed by atoms with E-state index in [0.717, 1.165) is 6.07 Å². The molecule has 0 radical (unpaired) electrons. The fourth-order valence-electron chi connectivity index (χ4n) is 1.88. The second kappa shape index (κ2) is 8.78. The summed E-state index contributed by atoms with van der Waals surface area (Å²) < 4.78 is 30.9. The molecule has 0 bridgehead atoms. The molecule has 1 aromatic carbocycles. The van der Waals surface area contributed by atoms with Crippen LogP contribution in [0.5, 0.6) is 0 Å². The Balaban J connectivity index is 2.66. The van der Waals surface area contributed by atoms with E-state index in [-0.39, 0.29) is 12.0 Å². The molecule has 0 fully saturated rings. The lowest BCUT2D eigenvalue weighted by Gasteiger charge is -2.16. The molecule has 22 heavy (non-hydrogen) atoms. The number of esters is 1. The Morgan fingerprint density at radius 1 is 1.41 bits per heavy atom. The van der Waals surface area contributed by atoms with E-state index < -0.39 is 29.6 Å². The molecule has 0 aliphatic heterocycles. The number of amides is 1. The number of ether oxygens (including phenoxy) is 1. The molecule has 4 nitrogen and oxygen atoms in total. The Morgan fingerprint density at radius 2 is 2.14 bits per heavy atom. The SMILES string of the molecule is C#CCCC[C@H](NC(=O)Cc1ccc(F)cc1F)C(=O)OC. The van der Waals surface area contributed by atoms with Gasteiger partial charge in [0.05, 0.1) is 13.5 Å². The molecular weight excluding hydrogens is 292 g/mol. The van der Waals surface area contributed by atoms with Gasteiger partial charge in [0, 0.05) is 12.5 Å². The fourth-order valence-corrected chi connectivity index (χ4v) is 1.88. The van der Waals surface area contributed by atoms with Gasteiger partial charge in [-0.2, -0.15) is 0 Å². The maximum Gasteiger partial charge on any atom is 0.328 e. The zero-order valence-corrected chi connectivity index (χ0v) is 12.2. The molecule has 0 unspecified atom stereocenters. The summed E-state index contributed by atoms with van der Waals surface area (Å²) in [5.74, 6) is -0.238. The second-order valence-electron chi connectivity index (χ2n) is 4.65. The van der Waals surface area contributed by atoms with Crippen molar-refractivity contribution in [1.29, 1.82) is 0 Å². The van der Waals surface area contributed by atoms with E-state index in [1.54, 1.807) is 0 Å². The van der Waals surface area contributed by atoms with E-state index in [4.69, 9.17) is 6.42 Å². The first-order valence-electron chi connectivity index (χ1n) is 6.72.